The van der Waals surface area contributed by atoms with Gasteiger partial charge in [-0.1, -0.05) is 30.3 Å². The molecule has 0 fully saturated rings. The summed E-state index contributed by atoms with van der Waals surface area (Å²) < 4.78 is 28.2. The molecule has 1 amide bonds. The summed E-state index contributed by atoms with van der Waals surface area (Å²) in [5.41, 5.74) is 4.02. The maximum absolute atomic E-state index is 12.5. The summed E-state index contributed by atoms with van der Waals surface area (Å²) >= 11 is 0. The lowest BCUT2D eigenvalue weighted by molar-refractivity contribution is -0.116. The molecule has 0 atom stereocenters. The van der Waals surface area contributed by atoms with E-state index >= 15 is 0 Å². The number of benzene rings is 3. The van der Waals surface area contributed by atoms with Crippen LogP contribution < -0.4 is 10.0 Å². The van der Waals surface area contributed by atoms with Crippen LogP contribution in [0.5, 0.6) is 0 Å². The van der Waals surface area contributed by atoms with E-state index in [1.54, 1.807) is 24.3 Å². The van der Waals surface area contributed by atoms with E-state index in [-0.39, 0.29) is 10.8 Å². The Bertz CT molecular complexity index is 1360. The maximum Gasteiger partial charge on any atom is 0.240 e. The summed E-state index contributed by atoms with van der Waals surface area (Å²) in [5.74, 6) is -0.0782. The molecule has 31 heavy (non-hydrogen) atoms. The van der Waals surface area contributed by atoms with Gasteiger partial charge in [0.15, 0.2) is 0 Å². The molecule has 0 unspecified atom stereocenters. The van der Waals surface area contributed by atoms with Gasteiger partial charge in [0.05, 0.1) is 4.90 Å². The number of sulfonamides is 1. The van der Waals surface area contributed by atoms with E-state index in [0.717, 1.165) is 28.7 Å². The van der Waals surface area contributed by atoms with Crippen molar-refractivity contribution < 1.29 is 13.2 Å². The number of hydrogen-bond donors (Lipinski definition) is 2. The first kappa shape index (κ1) is 21.1. The van der Waals surface area contributed by atoms with Gasteiger partial charge in [0.2, 0.25) is 15.9 Å². The lowest BCUT2D eigenvalue weighted by Gasteiger charge is -2.08. The van der Waals surface area contributed by atoms with Crippen LogP contribution in [0.1, 0.15) is 18.9 Å². The summed E-state index contributed by atoms with van der Waals surface area (Å²) in [6.07, 6.45) is 0.843. The maximum atomic E-state index is 12.5. The minimum atomic E-state index is -3.45. The molecule has 7 heteroatoms. The Morgan fingerprint density at radius 1 is 0.935 bits per heavy atom. The standard InChI is InChI=1S/C24H25N3O3S/c1-3-27-22-7-5-4-6-20(22)21-16-18(11-14-23(21)27)26-24(28)15-10-17-8-12-19(13-9-17)31(29,30)25-2/h4-9,11-14,16,25H,3,10,15H2,1-2H3,(H,26,28). The fourth-order valence-corrected chi connectivity index (χ4v) is 4.64. The van der Waals surface area contributed by atoms with Gasteiger partial charge in [-0.25, -0.2) is 13.1 Å². The Morgan fingerprint density at radius 2 is 1.65 bits per heavy atom. The van der Waals surface area contributed by atoms with Crippen molar-refractivity contribution in [1.82, 2.24) is 9.29 Å². The topological polar surface area (TPSA) is 80.2 Å². The van der Waals surface area contributed by atoms with Crippen molar-refractivity contribution in [2.75, 3.05) is 12.4 Å². The van der Waals surface area contributed by atoms with E-state index < -0.39 is 10.0 Å². The SMILES string of the molecule is CCn1c2ccccc2c2cc(NC(=O)CCc3ccc(S(=O)(=O)NC)cc3)ccc21. The number of para-hydroxylation sites is 1. The minimum Gasteiger partial charge on any atom is -0.341 e. The van der Waals surface area contributed by atoms with Gasteiger partial charge in [0.25, 0.3) is 0 Å². The number of aryl methyl sites for hydroxylation is 2. The van der Waals surface area contributed by atoms with Crippen LogP contribution in [0.3, 0.4) is 0 Å². The molecule has 6 nitrogen and oxygen atoms in total. The van der Waals surface area contributed by atoms with Gasteiger partial charge in [0, 0.05) is 40.5 Å². The second kappa shape index (κ2) is 8.53. The lowest BCUT2D eigenvalue weighted by Crippen LogP contribution is -2.18. The van der Waals surface area contributed by atoms with Gasteiger partial charge in [-0.05, 0) is 62.4 Å². The molecule has 0 radical (unpaired) electrons. The van der Waals surface area contributed by atoms with Crippen LogP contribution in [-0.4, -0.2) is 25.9 Å². The summed E-state index contributed by atoms with van der Waals surface area (Å²) in [6, 6.07) is 20.9. The average Bonchev–Trinajstić information content (AvgIpc) is 3.11. The molecule has 0 spiro atoms. The highest BCUT2D eigenvalue weighted by Gasteiger charge is 2.12. The monoisotopic (exact) mass is 435 g/mol. The van der Waals surface area contributed by atoms with Crippen LogP contribution in [0, 0.1) is 0 Å². The number of aromatic nitrogens is 1. The number of rotatable bonds is 7. The quantitative estimate of drug-likeness (QED) is 0.454. The van der Waals surface area contributed by atoms with Gasteiger partial charge >= 0.3 is 0 Å². The van der Waals surface area contributed by atoms with Crippen LogP contribution in [-0.2, 0) is 27.8 Å². The second-order valence-corrected chi connectivity index (χ2v) is 9.28. The number of anilines is 1. The zero-order chi connectivity index (χ0) is 22.0. The number of hydrogen-bond acceptors (Lipinski definition) is 3. The summed E-state index contributed by atoms with van der Waals surface area (Å²) in [7, 11) is -2.07. The normalized spacial score (nSPS) is 11.8. The Hall–Kier alpha value is -3.16. The number of nitrogens with zero attached hydrogens (tertiary/aromatic N) is 1. The molecule has 4 aromatic rings. The van der Waals surface area contributed by atoms with Gasteiger partial charge in [-0.3, -0.25) is 4.79 Å². The number of nitrogens with one attached hydrogen (secondary N) is 2. The molecular formula is C24H25N3O3S. The molecule has 4 rings (SSSR count). The molecular weight excluding hydrogens is 410 g/mol. The van der Waals surface area contributed by atoms with E-state index in [4.69, 9.17) is 0 Å². The van der Waals surface area contributed by atoms with Gasteiger partial charge < -0.3 is 9.88 Å². The molecule has 0 aliphatic heterocycles. The molecule has 0 aliphatic carbocycles. The molecule has 0 aliphatic rings. The molecule has 1 aromatic heterocycles. The summed E-state index contributed by atoms with van der Waals surface area (Å²) in [4.78, 5) is 12.7. The van der Waals surface area contributed by atoms with E-state index in [2.05, 4.69) is 39.7 Å². The highest BCUT2D eigenvalue weighted by molar-refractivity contribution is 7.89. The van der Waals surface area contributed by atoms with Crippen molar-refractivity contribution in [3.05, 3.63) is 72.3 Å². The first-order valence-electron chi connectivity index (χ1n) is 10.3. The van der Waals surface area contributed by atoms with Crippen molar-refractivity contribution in [1.29, 1.82) is 0 Å². The fraction of sp³-hybridized carbons (Fsp3) is 0.208. The third-order valence-electron chi connectivity index (χ3n) is 5.52. The summed E-state index contributed by atoms with van der Waals surface area (Å²) in [6.45, 7) is 3.01. The zero-order valence-corrected chi connectivity index (χ0v) is 18.4. The van der Waals surface area contributed by atoms with E-state index in [1.807, 2.05) is 24.3 Å². The largest absolute Gasteiger partial charge is 0.341 e. The van der Waals surface area contributed by atoms with Crippen LogP contribution >= 0.6 is 0 Å². The predicted molar refractivity (Wildman–Crippen MR) is 125 cm³/mol. The first-order chi connectivity index (χ1) is 14.9. The Labute approximate surface area is 181 Å². The fourth-order valence-electron chi connectivity index (χ4n) is 3.91. The number of amides is 1. The first-order valence-corrected chi connectivity index (χ1v) is 11.7. The number of carbonyl (C=O) groups excluding carboxylic acids is 1. The van der Waals surface area contributed by atoms with E-state index in [9.17, 15) is 13.2 Å². The molecule has 160 valence electrons. The lowest BCUT2D eigenvalue weighted by atomic mass is 10.1. The molecule has 0 saturated carbocycles. The van der Waals surface area contributed by atoms with Crippen molar-refractivity contribution in [2.24, 2.45) is 0 Å². The highest BCUT2D eigenvalue weighted by Crippen LogP contribution is 2.31. The predicted octanol–water partition coefficient (Wildman–Crippen LogP) is 4.29. The average molecular weight is 436 g/mol. The highest BCUT2D eigenvalue weighted by atomic mass is 32.2. The van der Waals surface area contributed by atoms with E-state index in [0.29, 0.717) is 12.8 Å². The van der Waals surface area contributed by atoms with Crippen LogP contribution in [0.4, 0.5) is 5.69 Å². The second-order valence-electron chi connectivity index (χ2n) is 7.39. The van der Waals surface area contributed by atoms with Gasteiger partial charge in [0.1, 0.15) is 0 Å². The van der Waals surface area contributed by atoms with Gasteiger partial charge in [-0.2, -0.15) is 0 Å². The third kappa shape index (κ3) is 4.19. The van der Waals surface area contributed by atoms with Crippen LogP contribution in [0.15, 0.2) is 71.6 Å². The van der Waals surface area contributed by atoms with Crippen molar-refractivity contribution in [2.45, 2.75) is 31.2 Å². The van der Waals surface area contributed by atoms with Crippen molar-refractivity contribution >= 4 is 43.4 Å². The third-order valence-corrected chi connectivity index (χ3v) is 6.95. The molecule has 0 bridgehead atoms. The molecule has 3 aromatic carbocycles. The summed E-state index contributed by atoms with van der Waals surface area (Å²) in [5, 5.41) is 5.28. The van der Waals surface area contributed by atoms with Gasteiger partial charge in [-0.15, -0.1) is 0 Å². The number of carbonyl (C=O) groups is 1. The Morgan fingerprint density at radius 3 is 2.35 bits per heavy atom. The molecule has 2 N–H and O–H groups in total. The zero-order valence-electron chi connectivity index (χ0n) is 17.6. The Kier molecular flexibility index (Phi) is 5.80. The van der Waals surface area contributed by atoms with E-state index in [1.165, 1.54) is 18.0 Å². The van der Waals surface area contributed by atoms with Crippen LogP contribution in [0.2, 0.25) is 0 Å². The van der Waals surface area contributed by atoms with Crippen molar-refractivity contribution in [3.8, 4) is 0 Å². The number of fused-ring (bicyclic) bond motifs is 3. The minimum absolute atomic E-state index is 0.0782. The molecule has 0 saturated heterocycles. The smallest absolute Gasteiger partial charge is 0.240 e. The van der Waals surface area contributed by atoms with Crippen molar-refractivity contribution in [3.63, 3.8) is 0 Å². The molecule has 1 heterocycles. The van der Waals surface area contributed by atoms with Crippen LogP contribution in [0.25, 0.3) is 21.8 Å². The Balaban J connectivity index is 1.47.